The molecule has 12 aromatic rings. The van der Waals surface area contributed by atoms with Crippen molar-refractivity contribution in [3.63, 3.8) is 0 Å². The van der Waals surface area contributed by atoms with E-state index >= 15 is 0 Å². The Kier molecular flexibility index (Phi) is 10.2. The molecule has 0 bridgehead atoms. The molecular weight excluding hydrogens is 975 g/mol. The van der Waals surface area contributed by atoms with Crippen LogP contribution in [0.15, 0.2) is 203 Å². The molecule has 0 aliphatic carbocycles. The van der Waals surface area contributed by atoms with Crippen molar-refractivity contribution >= 4 is 43.9 Å². The molecule has 0 aliphatic rings. The molecule has 1 radical (unpaired) electrons. The van der Waals surface area contributed by atoms with Crippen molar-refractivity contribution in [1.29, 1.82) is 0 Å². The summed E-state index contributed by atoms with van der Waals surface area (Å²) in [4.78, 5) is 9.43. The van der Waals surface area contributed by atoms with Gasteiger partial charge < -0.3 is 18.4 Å². The second-order valence-electron chi connectivity index (χ2n) is 16.0. The van der Waals surface area contributed by atoms with Crippen molar-refractivity contribution in [2.45, 2.75) is 20.7 Å². The van der Waals surface area contributed by atoms with Crippen LogP contribution >= 0.6 is 0 Å². The van der Waals surface area contributed by atoms with Crippen LogP contribution in [0.2, 0.25) is 0 Å². The van der Waals surface area contributed by atoms with Gasteiger partial charge in [-0.3, -0.25) is 4.98 Å². The summed E-state index contributed by atoms with van der Waals surface area (Å²) in [5, 5.41) is 3.17. The number of fused-ring (bicyclic) bond motifs is 5. The van der Waals surface area contributed by atoms with E-state index in [0.717, 1.165) is 106 Å². The fraction of sp³-hybridized carbons (Fsp3) is 0.0508. The molecule has 0 aliphatic heterocycles. The Balaban J connectivity index is 0.000000270. The quantitative estimate of drug-likeness (QED) is 0.156. The van der Waals surface area contributed by atoms with Crippen molar-refractivity contribution in [1.82, 2.24) is 14.5 Å². The molecule has 0 saturated carbocycles. The fourth-order valence-electron chi connectivity index (χ4n) is 8.61. The maximum absolute atomic E-state index is 7.23. The average Bonchev–Trinajstić information content (AvgIpc) is 4.07. The molecule has 0 spiro atoms. The van der Waals surface area contributed by atoms with Gasteiger partial charge >= 0.3 is 0 Å². The Bertz CT molecular complexity index is 3690. The Morgan fingerprint density at radius 2 is 1.23 bits per heavy atom. The summed E-state index contributed by atoms with van der Waals surface area (Å²) < 4.78 is 36.4. The Morgan fingerprint density at radius 3 is 1.92 bits per heavy atom. The molecule has 6 heteroatoms. The van der Waals surface area contributed by atoms with Crippen molar-refractivity contribution < 1.29 is 33.1 Å². The predicted octanol–water partition coefficient (Wildman–Crippen LogP) is 15.6. The van der Waals surface area contributed by atoms with Gasteiger partial charge in [0.2, 0.25) is 0 Å². The van der Waals surface area contributed by atoms with Crippen LogP contribution < -0.4 is 0 Å². The zero-order valence-corrected chi connectivity index (χ0v) is 37.9. The van der Waals surface area contributed by atoms with Crippen LogP contribution in [-0.4, -0.2) is 14.5 Å². The van der Waals surface area contributed by atoms with E-state index in [4.69, 9.17) is 17.9 Å². The largest absolute Gasteiger partial charge is 0.557 e. The molecule has 12 rings (SSSR count). The van der Waals surface area contributed by atoms with E-state index in [1.165, 1.54) is 17.3 Å². The summed E-state index contributed by atoms with van der Waals surface area (Å²) in [6.07, 6.45) is 4.68. The minimum Gasteiger partial charge on any atom is -0.557 e. The topological polar surface area (TPSA) is 57.0 Å². The minimum atomic E-state index is -2.09. The number of imidazole rings is 1. The van der Waals surface area contributed by atoms with Gasteiger partial charge in [0.15, 0.2) is 0 Å². The molecular formula is C59H41IrN3O2-2. The van der Waals surface area contributed by atoms with Crippen molar-refractivity contribution in [3.05, 3.63) is 223 Å². The molecule has 0 atom stereocenters. The summed E-state index contributed by atoms with van der Waals surface area (Å²) in [5.41, 5.74) is 17.3. The summed E-state index contributed by atoms with van der Waals surface area (Å²) in [5.74, 6) is 0.775. The third-order valence-electron chi connectivity index (χ3n) is 11.7. The molecule has 0 fully saturated rings. The van der Waals surface area contributed by atoms with Crippen molar-refractivity contribution in [3.8, 4) is 61.7 Å². The number of hydrogen-bond donors (Lipinski definition) is 0. The van der Waals surface area contributed by atoms with Crippen LogP contribution in [0.3, 0.4) is 0 Å². The van der Waals surface area contributed by atoms with Gasteiger partial charge in [-0.2, -0.15) is 0 Å². The first-order valence-electron chi connectivity index (χ1n) is 22.7. The van der Waals surface area contributed by atoms with Crippen molar-refractivity contribution in [2.24, 2.45) is 0 Å². The van der Waals surface area contributed by atoms with E-state index in [1.807, 2.05) is 30.3 Å². The summed E-state index contributed by atoms with van der Waals surface area (Å²) in [6.45, 7) is 2.16. The number of aromatic nitrogens is 3. The van der Waals surface area contributed by atoms with Gasteiger partial charge in [0.1, 0.15) is 11.2 Å². The van der Waals surface area contributed by atoms with Gasteiger partial charge in [0.25, 0.3) is 0 Å². The van der Waals surface area contributed by atoms with Crippen LogP contribution in [-0.2, 0) is 20.1 Å². The van der Waals surface area contributed by atoms with Gasteiger partial charge in [-0.15, -0.1) is 35.9 Å². The monoisotopic (exact) mass is 1020 g/mol. The van der Waals surface area contributed by atoms with E-state index in [9.17, 15) is 0 Å². The zero-order valence-electron chi connectivity index (χ0n) is 38.5. The molecule has 315 valence electrons. The van der Waals surface area contributed by atoms with Gasteiger partial charge in [-0.05, 0) is 108 Å². The Morgan fingerprint density at radius 1 is 0.554 bits per heavy atom. The second kappa shape index (κ2) is 17.5. The molecule has 8 aromatic carbocycles. The number of nitrogens with zero attached hydrogens (tertiary/aromatic N) is 3. The third-order valence-corrected chi connectivity index (χ3v) is 11.7. The summed E-state index contributed by atoms with van der Waals surface area (Å²) in [7, 11) is 0. The molecule has 0 unspecified atom stereocenters. The number of benzene rings is 8. The number of furan rings is 2. The van der Waals surface area contributed by atoms with Gasteiger partial charge in [-0.1, -0.05) is 132 Å². The van der Waals surface area contributed by atoms with Crippen LogP contribution in [0.5, 0.6) is 0 Å². The number of rotatable bonds is 6. The maximum atomic E-state index is 7.23. The number of pyridine rings is 1. The fourth-order valence-corrected chi connectivity index (χ4v) is 8.61. The standard InChI is InChI=1S/C47H31N2O2.C12H10N.Ir/c1-29-17-20-35-38-26-34(19-22-44(38)51-45(35)25-29)33-18-21-43-39(27-33)40(28-50-43)47-48-41-15-9-10-16-42(41)49(47)46-36(31-11-5-3-6-12-31)23-30(2)24-37(46)32-13-7-4-8-14-32;1-10-7-8-12(13-9-10)11-5-3-2-4-6-11;/h3-27H,1-2H3;2-5,7-9H,1H3;/q2*-1;/i;1D3;. The first-order chi connectivity index (χ1) is 32.7. The molecule has 4 heterocycles. The van der Waals surface area contributed by atoms with Gasteiger partial charge in [-0.25, -0.2) is 0 Å². The van der Waals surface area contributed by atoms with Gasteiger partial charge in [0, 0.05) is 64.2 Å². The summed E-state index contributed by atoms with van der Waals surface area (Å²) >= 11 is 0. The predicted molar refractivity (Wildman–Crippen MR) is 261 cm³/mol. The van der Waals surface area contributed by atoms with E-state index in [1.54, 1.807) is 18.2 Å². The van der Waals surface area contributed by atoms with E-state index in [2.05, 4.69) is 175 Å². The molecule has 5 nitrogen and oxygen atoms in total. The number of hydrogen-bond acceptors (Lipinski definition) is 4. The van der Waals surface area contributed by atoms with Crippen LogP contribution in [0.4, 0.5) is 0 Å². The van der Waals surface area contributed by atoms with E-state index in [-0.39, 0.29) is 25.7 Å². The zero-order chi connectivity index (χ0) is 45.6. The molecule has 4 aromatic heterocycles. The molecule has 0 N–H and O–H groups in total. The second-order valence-corrected chi connectivity index (χ2v) is 16.0. The third kappa shape index (κ3) is 7.89. The first kappa shape index (κ1) is 37.9. The van der Waals surface area contributed by atoms with E-state index < -0.39 is 6.85 Å². The summed E-state index contributed by atoms with van der Waals surface area (Å²) in [6, 6.07) is 67.1. The smallest absolute Gasteiger partial charge is 0.135 e. The van der Waals surface area contributed by atoms with Crippen molar-refractivity contribution in [2.75, 3.05) is 0 Å². The number of aryl methyl sites for hydroxylation is 3. The van der Waals surface area contributed by atoms with Crippen LogP contribution in [0, 0.1) is 33.0 Å². The SMILES string of the molecule is Cc1cc(-c2ccccc2)c(-n2c(-c3[c-]oc4ccc(-c5ccc6oc7cc(C)ccc7c6c5)cc34)nc3ccccc32)c(-c2ccccc2)c1.[2H]C([2H])([2H])c1ccc(-c2[c-]cccc2)nc1.[Ir]. The Labute approximate surface area is 395 Å². The Hall–Kier alpha value is -7.63. The molecule has 0 saturated heterocycles. The van der Waals surface area contributed by atoms with Crippen LogP contribution in [0.1, 0.15) is 20.8 Å². The maximum Gasteiger partial charge on any atom is 0.135 e. The normalized spacial score (nSPS) is 12.1. The molecule has 0 amide bonds. The average molecular weight is 1020 g/mol. The minimum absolute atomic E-state index is 0. The van der Waals surface area contributed by atoms with Gasteiger partial charge in [0.05, 0.1) is 22.5 Å². The van der Waals surface area contributed by atoms with Crippen LogP contribution in [0.25, 0.3) is 106 Å². The van der Waals surface area contributed by atoms with E-state index in [0.29, 0.717) is 0 Å². The first-order valence-corrected chi connectivity index (χ1v) is 21.2. The number of para-hydroxylation sites is 2. The molecule has 65 heavy (non-hydrogen) atoms.